The first kappa shape index (κ1) is 21.0. The molecule has 4 heteroatoms. The molecule has 4 rings (SSSR count). The number of ether oxygens (including phenoxy) is 2. The predicted molar refractivity (Wildman–Crippen MR) is 132 cm³/mol. The Morgan fingerprint density at radius 3 is 1.45 bits per heavy atom. The van der Waals surface area contributed by atoms with Crippen LogP contribution in [0.3, 0.4) is 0 Å². The fraction of sp³-hybridized carbons (Fsp3) is 0.148. The van der Waals surface area contributed by atoms with Crippen molar-refractivity contribution >= 4 is 27.3 Å². The first-order valence-electron chi connectivity index (χ1n) is 10.1. The van der Waals surface area contributed by atoms with Crippen LogP contribution in [0.1, 0.15) is 11.1 Å². The van der Waals surface area contributed by atoms with Gasteiger partial charge in [0.1, 0.15) is 25.6 Å². The van der Waals surface area contributed by atoms with Gasteiger partial charge in [0.2, 0.25) is 0 Å². The summed E-state index contributed by atoms with van der Waals surface area (Å²) in [6.07, 6.45) is 13.2. The van der Waals surface area contributed by atoms with E-state index in [4.69, 9.17) is 9.47 Å². The number of hydrogen-bond donors (Lipinski definition) is 0. The van der Waals surface area contributed by atoms with E-state index in [1.165, 1.54) is 37.8 Å². The Labute approximate surface area is 188 Å². The average Bonchev–Trinajstić information content (AvgIpc) is 2.84. The van der Waals surface area contributed by atoms with Crippen molar-refractivity contribution in [1.29, 1.82) is 0 Å². The van der Waals surface area contributed by atoms with Crippen molar-refractivity contribution in [2.75, 3.05) is 28.3 Å². The summed E-state index contributed by atoms with van der Waals surface area (Å²) in [6.45, 7) is 0. The number of hydrogen-bond acceptors (Lipinski definition) is 3. The van der Waals surface area contributed by atoms with E-state index in [-0.39, 0.29) is 0 Å². The zero-order valence-electron chi connectivity index (χ0n) is 18.3. The van der Waals surface area contributed by atoms with Crippen molar-refractivity contribution in [2.24, 2.45) is 0 Å². The van der Waals surface area contributed by atoms with Crippen molar-refractivity contribution in [1.82, 2.24) is 0 Å². The third-order valence-corrected chi connectivity index (χ3v) is 6.41. The van der Waals surface area contributed by atoms with Crippen LogP contribution in [0.15, 0.2) is 96.1 Å². The van der Waals surface area contributed by atoms with Gasteiger partial charge in [-0.2, -0.15) is 0 Å². The Kier molecular flexibility index (Phi) is 6.28. The molecule has 3 nitrogen and oxygen atoms in total. The molecule has 0 bridgehead atoms. The highest BCUT2D eigenvalue weighted by atomic mass is 32.2. The van der Waals surface area contributed by atoms with Gasteiger partial charge in [-0.05, 0) is 70.8 Å². The van der Waals surface area contributed by atoms with Gasteiger partial charge in [-0.3, -0.25) is 0 Å². The van der Waals surface area contributed by atoms with Gasteiger partial charge in [0, 0.05) is 22.0 Å². The Hall–Kier alpha value is -3.24. The Morgan fingerprint density at radius 2 is 1.06 bits per heavy atom. The van der Waals surface area contributed by atoms with E-state index in [1.807, 2.05) is 24.3 Å². The van der Waals surface area contributed by atoms with Crippen LogP contribution in [0.4, 0.5) is 0 Å². The summed E-state index contributed by atoms with van der Waals surface area (Å²) in [5, 5.41) is 0. The maximum absolute atomic E-state index is 5.33. The molecule has 0 radical (unpaired) electrons. The highest BCUT2D eigenvalue weighted by molar-refractivity contribution is 8.16. The third kappa shape index (κ3) is 4.75. The Morgan fingerprint density at radius 1 is 0.613 bits per heavy atom. The van der Waals surface area contributed by atoms with Gasteiger partial charge in [0.25, 0.3) is 0 Å². The molecule has 0 aromatic heterocycles. The molecule has 1 aliphatic heterocycles. The molecule has 2 aliphatic rings. The first-order chi connectivity index (χ1) is 15.1. The molecular formula is C27H26NO2S+. The topological polar surface area (TPSA) is 21.5 Å². The highest BCUT2D eigenvalue weighted by Crippen LogP contribution is 2.45. The van der Waals surface area contributed by atoms with Crippen molar-refractivity contribution in [3.05, 3.63) is 107 Å². The van der Waals surface area contributed by atoms with Crippen LogP contribution in [0.5, 0.6) is 11.5 Å². The van der Waals surface area contributed by atoms with Crippen LogP contribution in [0.25, 0.3) is 9.81 Å². The Bertz CT molecular complexity index is 1070. The molecule has 0 unspecified atom stereocenters. The molecule has 1 heterocycles. The van der Waals surface area contributed by atoms with E-state index >= 15 is 0 Å². The fourth-order valence-corrected chi connectivity index (χ4v) is 4.53. The minimum atomic E-state index is 0.861. The molecule has 0 N–H and O–H groups in total. The number of nitrogens with zero attached hydrogens (tertiary/aromatic N) is 1. The Balaban J connectivity index is 1.78. The first-order valence-corrected chi connectivity index (χ1v) is 10.9. The van der Waals surface area contributed by atoms with E-state index in [0.29, 0.717) is 0 Å². The molecule has 0 amide bonds. The maximum atomic E-state index is 5.33. The molecule has 0 spiro atoms. The second-order valence-corrected chi connectivity index (χ2v) is 8.56. The van der Waals surface area contributed by atoms with Gasteiger partial charge < -0.3 is 9.47 Å². The van der Waals surface area contributed by atoms with Crippen LogP contribution in [-0.4, -0.2) is 38.6 Å². The fourth-order valence-electron chi connectivity index (χ4n) is 3.42. The number of methoxy groups -OCH3 is 2. The van der Waals surface area contributed by atoms with E-state index in [9.17, 15) is 0 Å². The minimum Gasteiger partial charge on any atom is -0.497 e. The van der Waals surface area contributed by atoms with E-state index < -0.39 is 0 Å². The molecule has 0 atom stereocenters. The summed E-state index contributed by atoms with van der Waals surface area (Å²) in [5.41, 5.74) is 5.93. The lowest BCUT2D eigenvalue weighted by Crippen LogP contribution is -2.10. The monoisotopic (exact) mass is 428 g/mol. The molecular weight excluding hydrogens is 402 g/mol. The van der Waals surface area contributed by atoms with Crippen molar-refractivity contribution in [2.45, 2.75) is 0 Å². The van der Waals surface area contributed by atoms with Crippen LogP contribution >= 0.6 is 11.8 Å². The summed E-state index contributed by atoms with van der Waals surface area (Å²) >= 11 is 1.78. The molecule has 2 aromatic carbocycles. The zero-order valence-corrected chi connectivity index (χ0v) is 19.1. The number of thioether (sulfide) groups is 1. The molecule has 1 aliphatic carbocycles. The summed E-state index contributed by atoms with van der Waals surface area (Å²) in [4.78, 5) is 2.42. The van der Waals surface area contributed by atoms with Crippen LogP contribution in [0.2, 0.25) is 0 Å². The van der Waals surface area contributed by atoms with E-state index in [0.717, 1.165) is 11.5 Å². The highest BCUT2D eigenvalue weighted by Gasteiger charge is 2.17. The minimum absolute atomic E-state index is 0.861. The predicted octanol–water partition coefficient (Wildman–Crippen LogP) is 5.97. The van der Waals surface area contributed by atoms with Gasteiger partial charge in [0.05, 0.1) is 14.2 Å². The van der Waals surface area contributed by atoms with Crippen LogP contribution in [0, 0.1) is 0 Å². The lowest BCUT2D eigenvalue weighted by atomic mass is 9.99. The second kappa shape index (κ2) is 9.27. The van der Waals surface area contributed by atoms with Crippen molar-refractivity contribution in [3.63, 3.8) is 0 Å². The number of rotatable bonds is 4. The van der Waals surface area contributed by atoms with Gasteiger partial charge in [-0.15, -0.1) is 0 Å². The standard InChI is InChI=1S/C27H26NO2S/c1-28(2)23-11-5-19(6-12-23)22-17-26(20-7-13-24(29-3)14-8-20)31-27(18-22)21-9-15-25(30-4)16-10-21/h5-18H,1-4H3/q+1. The summed E-state index contributed by atoms with van der Waals surface area (Å²) in [7, 11) is 7.50. The molecule has 0 saturated heterocycles. The SMILES string of the molecule is COc1ccc(C2=CC(=C3C=CC(=[N+](C)C)C=C3)C=C(c3ccc(OC)cc3)S2)cc1. The molecule has 31 heavy (non-hydrogen) atoms. The quantitative estimate of drug-likeness (QED) is 0.560. The molecule has 0 saturated carbocycles. The molecule has 156 valence electrons. The normalized spacial score (nSPS) is 15.5. The van der Waals surface area contributed by atoms with Crippen molar-refractivity contribution in [3.8, 4) is 11.5 Å². The summed E-state index contributed by atoms with van der Waals surface area (Å²) in [6, 6.07) is 16.5. The lowest BCUT2D eigenvalue weighted by Gasteiger charge is -2.19. The molecule has 2 aromatic rings. The van der Waals surface area contributed by atoms with Gasteiger partial charge in [-0.25, -0.2) is 4.58 Å². The summed E-state index contributed by atoms with van der Waals surface area (Å²) < 4.78 is 12.8. The molecule has 0 fully saturated rings. The smallest absolute Gasteiger partial charge is 0.199 e. The average molecular weight is 429 g/mol. The second-order valence-electron chi connectivity index (χ2n) is 7.47. The number of allylic oxidation sites excluding steroid dienone is 8. The van der Waals surface area contributed by atoms with Crippen molar-refractivity contribution < 1.29 is 14.0 Å². The lowest BCUT2D eigenvalue weighted by molar-refractivity contribution is -0.462. The number of benzene rings is 2. The third-order valence-electron chi connectivity index (χ3n) is 5.26. The summed E-state index contributed by atoms with van der Waals surface area (Å²) in [5.74, 6) is 1.72. The van der Waals surface area contributed by atoms with E-state index in [2.05, 4.69) is 79.4 Å². The van der Waals surface area contributed by atoms with Crippen LogP contribution < -0.4 is 9.47 Å². The zero-order chi connectivity index (χ0) is 21.8. The van der Waals surface area contributed by atoms with Gasteiger partial charge >= 0.3 is 0 Å². The maximum Gasteiger partial charge on any atom is 0.199 e. The van der Waals surface area contributed by atoms with Gasteiger partial charge in [0.15, 0.2) is 5.71 Å². The largest absolute Gasteiger partial charge is 0.497 e. The van der Waals surface area contributed by atoms with Crippen LogP contribution in [-0.2, 0) is 0 Å². The van der Waals surface area contributed by atoms with Gasteiger partial charge in [-0.1, -0.05) is 36.0 Å². The van der Waals surface area contributed by atoms with E-state index in [1.54, 1.807) is 26.0 Å².